The van der Waals surface area contributed by atoms with Crippen LogP contribution in [0.1, 0.15) is 17.4 Å². The van der Waals surface area contributed by atoms with Crippen molar-refractivity contribution in [3.8, 4) is 0 Å². The van der Waals surface area contributed by atoms with Crippen LogP contribution in [0.2, 0.25) is 0 Å². The zero-order valence-corrected chi connectivity index (χ0v) is 14.8. The van der Waals surface area contributed by atoms with Gasteiger partial charge < -0.3 is 0 Å². The summed E-state index contributed by atoms with van der Waals surface area (Å²) in [4.78, 5) is 21.9. The van der Waals surface area contributed by atoms with E-state index in [0.29, 0.717) is 5.16 Å². The highest BCUT2D eigenvalue weighted by Gasteiger charge is 2.22. The Balaban J connectivity index is 1.78. The molecule has 124 valence electrons. The normalized spacial score (nSPS) is 12.6. The van der Waals surface area contributed by atoms with Crippen LogP contribution in [0.15, 0.2) is 66.0 Å². The zero-order chi connectivity index (χ0) is 17.4. The highest BCUT2D eigenvalue weighted by atomic mass is 32.2. The first-order valence-corrected chi connectivity index (χ1v) is 9.02. The first-order chi connectivity index (χ1) is 12.1. The molecule has 4 nitrogen and oxygen atoms in total. The number of nitrogens with zero attached hydrogens (tertiary/aromatic N) is 3. The second-order valence-electron chi connectivity index (χ2n) is 5.95. The van der Waals surface area contributed by atoms with E-state index in [4.69, 9.17) is 0 Å². The minimum Gasteiger partial charge on any atom is -0.279 e. The van der Waals surface area contributed by atoms with Crippen molar-refractivity contribution >= 4 is 39.5 Å². The summed E-state index contributed by atoms with van der Waals surface area (Å²) >= 11 is 1.39. The summed E-state index contributed by atoms with van der Waals surface area (Å²) in [5, 5.41) is 2.52. The molecule has 25 heavy (non-hydrogen) atoms. The molecule has 2 aromatic carbocycles. The molecule has 0 amide bonds. The van der Waals surface area contributed by atoms with E-state index in [1.807, 2.05) is 60.9 Å². The number of rotatable bonds is 3. The molecule has 0 unspecified atom stereocenters. The predicted molar refractivity (Wildman–Crippen MR) is 102 cm³/mol. The van der Waals surface area contributed by atoms with Gasteiger partial charge in [0.2, 0.25) is 5.91 Å². The maximum absolute atomic E-state index is 13.2. The third kappa shape index (κ3) is 2.81. The van der Waals surface area contributed by atoms with Crippen molar-refractivity contribution in [2.24, 2.45) is 0 Å². The van der Waals surface area contributed by atoms with Crippen LogP contribution in [-0.2, 0) is 0 Å². The standard InChI is InChI=1S/C20H17N3OS/c1-13-11-12-21-20(22-13)25-14(2)19(24)23-17-9-5-3-7-15(17)16-8-4-6-10-18(16)23/h3-12,14H,1-2H3/t14-/m0/s1. The fourth-order valence-corrected chi connectivity index (χ4v) is 3.87. The summed E-state index contributed by atoms with van der Waals surface area (Å²) in [7, 11) is 0. The monoisotopic (exact) mass is 347 g/mol. The number of hydrogen-bond acceptors (Lipinski definition) is 4. The lowest BCUT2D eigenvalue weighted by Gasteiger charge is -2.12. The van der Waals surface area contributed by atoms with E-state index in [1.165, 1.54) is 11.8 Å². The SMILES string of the molecule is Cc1ccnc(S[C@@H](C)C(=O)n2c3ccccc3c3ccccc32)n1. The summed E-state index contributed by atoms with van der Waals surface area (Å²) in [5.41, 5.74) is 2.77. The number of benzene rings is 2. The minimum absolute atomic E-state index is 0.0347. The van der Waals surface area contributed by atoms with Crippen LogP contribution in [-0.4, -0.2) is 25.7 Å². The van der Waals surface area contributed by atoms with E-state index in [0.717, 1.165) is 27.5 Å². The average Bonchev–Trinajstić information content (AvgIpc) is 2.95. The van der Waals surface area contributed by atoms with Gasteiger partial charge in [0.1, 0.15) is 0 Å². The van der Waals surface area contributed by atoms with Crippen LogP contribution in [0, 0.1) is 6.92 Å². The van der Waals surface area contributed by atoms with E-state index in [1.54, 1.807) is 6.20 Å². The second kappa shape index (κ2) is 6.33. The molecule has 2 heterocycles. The molecule has 0 aliphatic heterocycles. The summed E-state index contributed by atoms with van der Waals surface area (Å²) in [6, 6.07) is 17.9. The predicted octanol–water partition coefficient (Wildman–Crippen LogP) is 4.71. The van der Waals surface area contributed by atoms with Gasteiger partial charge in [0.05, 0.1) is 16.3 Å². The molecule has 0 aliphatic rings. The lowest BCUT2D eigenvalue weighted by molar-refractivity contribution is 0.0925. The highest BCUT2D eigenvalue weighted by molar-refractivity contribution is 8.00. The summed E-state index contributed by atoms with van der Waals surface area (Å²) in [6.45, 7) is 3.83. The number of aromatic nitrogens is 3. The Hall–Kier alpha value is -2.66. The number of para-hydroxylation sites is 2. The van der Waals surface area contributed by atoms with E-state index in [-0.39, 0.29) is 11.2 Å². The molecule has 1 atom stereocenters. The minimum atomic E-state index is -0.291. The molecule has 0 saturated carbocycles. The molecular formula is C20H17N3OS. The van der Waals surface area contributed by atoms with Crippen molar-refractivity contribution in [1.82, 2.24) is 14.5 Å². The van der Waals surface area contributed by atoms with E-state index in [2.05, 4.69) is 22.1 Å². The average molecular weight is 347 g/mol. The molecule has 0 fully saturated rings. The Morgan fingerprint density at radius 3 is 2.20 bits per heavy atom. The smallest absolute Gasteiger partial charge is 0.244 e. The molecule has 5 heteroatoms. The van der Waals surface area contributed by atoms with Crippen LogP contribution in [0.3, 0.4) is 0 Å². The van der Waals surface area contributed by atoms with Gasteiger partial charge >= 0.3 is 0 Å². The molecule has 4 rings (SSSR count). The van der Waals surface area contributed by atoms with E-state index in [9.17, 15) is 4.79 Å². The Labute approximate surface area is 149 Å². The quantitative estimate of drug-likeness (QED) is 0.398. The Morgan fingerprint density at radius 1 is 1.00 bits per heavy atom. The second-order valence-corrected chi connectivity index (χ2v) is 7.26. The molecule has 0 spiro atoms. The van der Waals surface area contributed by atoms with Crippen LogP contribution in [0.5, 0.6) is 0 Å². The first-order valence-electron chi connectivity index (χ1n) is 8.14. The van der Waals surface area contributed by atoms with Crippen molar-refractivity contribution < 1.29 is 4.79 Å². The van der Waals surface area contributed by atoms with E-state index >= 15 is 0 Å². The van der Waals surface area contributed by atoms with Gasteiger partial charge in [-0.05, 0) is 32.0 Å². The molecule has 0 bridgehead atoms. The van der Waals surface area contributed by atoms with Gasteiger partial charge in [-0.15, -0.1) is 0 Å². The Kier molecular flexibility index (Phi) is 4.01. The zero-order valence-electron chi connectivity index (χ0n) is 14.0. The fourth-order valence-electron chi connectivity index (χ4n) is 3.03. The van der Waals surface area contributed by atoms with Gasteiger partial charge in [-0.25, -0.2) is 9.97 Å². The van der Waals surface area contributed by atoms with Gasteiger partial charge in [0.15, 0.2) is 5.16 Å². The summed E-state index contributed by atoms with van der Waals surface area (Å²) in [6.07, 6.45) is 1.72. The van der Waals surface area contributed by atoms with Gasteiger partial charge in [-0.1, -0.05) is 48.2 Å². The number of thioether (sulfide) groups is 1. The topological polar surface area (TPSA) is 47.8 Å². The maximum Gasteiger partial charge on any atom is 0.244 e. The fraction of sp³-hybridized carbons (Fsp3) is 0.150. The van der Waals surface area contributed by atoms with Crippen LogP contribution in [0.4, 0.5) is 0 Å². The number of hydrogen-bond donors (Lipinski definition) is 0. The third-order valence-corrected chi connectivity index (χ3v) is 5.17. The van der Waals surface area contributed by atoms with E-state index < -0.39 is 0 Å². The van der Waals surface area contributed by atoms with Crippen molar-refractivity contribution in [2.45, 2.75) is 24.3 Å². The van der Waals surface area contributed by atoms with Crippen LogP contribution >= 0.6 is 11.8 Å². The van der Waals surface area contributed by atoms with Crippen LogP contribution < -0.4 is 0 Å². The molecule has 2 aromatic heterocycles. The lowest BCUT2D eigenvalue weighted by atomic mass is 10.2. The maximum atomic E-state index is 13.2. The summed E-state index contributed by atoms with van der Waals surface area (Å²) in [5.74, 6) is 0.0347. The largest absolute Gasteiger partial charge is 0.279 e. The van der Waals surface area contributed by atoms with Crippen molar-refractivity contribution in [1.29, 1.82) is 0 Å². The first kappa shape index (κ1) is 15.8. The molecule has 0 radical (unpaired) electrons. The number of aryl methyl sites for hydroxylation is 1. The van der Waals surface area contributed by atoms with Gasteiger partial charge in [-0.2, -0.15) is 0 Å². The Bertz CT molecular complexity index is 1030. The number of carbonyl (C=O) groups is 1. The molecule has 0 N–H and O–H groups in total. The molecule has 4 aromatic rings. The summed E-state index contributed by atoms with van der Waals surface area (Å²) < 4.78 is 1.82. The van der Waals surface area contributed by atoms with Gasteiger partial charge in [0.25, 0.3) is 0 Å². The Morgan fingerprint density at radius 2 is 1.60 bits per heavy atom. The van der Waals surface area contributed by atoms with Crippen molar-refractivity contribution in [2.75, 3.05) is 0 Å². The molecule has 0 saturated heterocycles. The molecule has 0 aliphatic carbocycles. The van der Waals surface area contributed by atoms with Crippen molar-refractivity contribution in [3.63, 3.8) is 0 Å². The van der Waals surface area contributed by atoms with Crippen LogP contribution in [0.25, 0.3) is 21.8 Å². The molecular weight excluding hydrogens is 330 g/mol. The third-order valence-electron chi connectivity index (χ3n) is 4.20. The number of fused-ring (bicyclic) bond motifs is 3. The highest BCUT2D eigenvalue weighted by Crippen LogP contribution is 2.30. The van der Waals surface area contributed by atoms with Gasteiger partial charge in [-0.3, -0.25) is 9.36 Å². The lowest BCUT2D eigenvalue weighted by Crippen LogP contribution is -2.21. The van der Waals surface area contributed by atoms with Crippen molar-refractivity contribution in [3.05, 3.63) is 66.5 Å². The van der Waals surface area contributed by atoms with Gasteiger partial charge in [0, 0.05) is 22.7 Å². The number of carbonyl (C=O) groups excluding carboxylic acids is 1.